The van der Waals surface area contributed by atoms with Crippen molar-refractivity contribution in [1.29, 1.82) is 0 Å². The molecule has 2 nitrogen and oxygen atoms in total. The highest BCUT2D eigenvalue weighted by Gasteiger charge is 2.53. The quantitative estimate of drug-likeness (QED) is 0.167. The van der Waals surface area contributed by atoms with E-state index in [4.69, 9.17) is 4.98 Å². The molecule has 0 unspecified atom stereocenters. The van der Waals surface area contributed by atoms with Crippen LogP contribution in [-0.2, 0) is 12.0 Å². The first kappa shape index (κ1) is 30.7. The van der Waals surface area contributed by atoms with E-state index < -0.39 is 5.41 Å². The van der Waals surface area contributed by atoms with Gasteiger partial charge in [0.15, 0.2) is 0 Å². The van der Waals surface area contributed by atoms with Gasteiger partial charge in [0, 0.05) is 12.1 Å². The van der Waals surface area contributed by atoms with Crippen molar-refractivity contribution < 1.29 is 0 Å². The van der Waals surface area contributed by atoms with Crippen LogP contribution in [0.4, 0.5) is 0 Å². The van der Waals surface area contributed by atoms with E-state index in [0.29, 0.717) is 0 Å². The minimum absolute atomic E-state index is 0.471. The van der Waals surface area contributed by atoms with Gasteiger partial charge >= 0.3 is 0 Å². The number of para-hydroxylation sites is 2. The van der Waals surface area contributed by atoms with Crippen molar-refractivity contribution in [3.05, 3.63) is 198 Å². The van der Waals surface area contributed by atoms with Crippen LogP contribution in [0.3, 0.4) is 0 Å². The maximum atomic E-state index is 5.13. The highest BCUT2D eigenvalue weighted by Crippen LogP contribution is 2.66. The van der Waals surface area contributed by atoms with Crippen LogP contribution in [0.1, 0.15) is 35.6 Å². The number of rotatable bonds is 4. The van der Waals surface area contributed by atoms with Gasteiger partial charge in [0.25, 0.3) is 0 Å². The zero-order valence-corrected chi connectivity index (χ0v) is 30.6. The lowest BCUT2D eigenvalue weighted by Crippen LogP contribution is -2.26. The lowest BCUT2D eigenvalue weighted by Gasteiger charge is -2.32. The van der Waals surface area contributed by atoms with E-state index in [9.17, 15) is 0 Å². The summed E-state index contributed by atoms with van der Waals surface area (Å²) in [5.74, 6) is 1.03. The normalized spacial score (nSPS) is 13.5. The molecule has 0 fully saturated rings. The van der Waals surface area contributed by atoms with E-state index in [1.165, 1.54) is 93.5 Å². The number of aromatic nitrogens is 2. The summed E-state index contributed by atoms with van der Waals surface area (Å²) in [6.07, 6.45) is 1.05. The third-order valence-corrected chi connectivity index (χ3v) is 12.5. The molecule has 0 aliphatic heterocycles. The number of fused-ring (bicyclic) bond motifs is 18. The first-order valence-electron chi connectivity index (χ1n) is 19.5. The number of aryl methyl sites for hydroxylation is 1. The predicted octanol–water partition coefficient (Wildman–Crippen LogP) is 13.6. The lowest BCUT2D eigenvalue weighted by atomic mass is 9.68. The molecule has 9 aromatic carbocycles. The first-order valence-corrected chi connectivity index (χ1v) is 19.5. The Hall–Kier alpha value is -6.77. The third-order valence-electron chi connectivity index (χ3n) is 12.5. The van der Waals surface area contributed by atoms with Gasteiger partial charge < -0.3 is 4.57 Å². The number of hydrogen-bond acceptors (Lipinski definition) is 1. The zero-order valence-electron chi connectivity index (χ0n) is 30.6. The number of hydrogen-bond donors (Lipinski definition) is 0. The fourth-order valence-corrected chi connectivity index (χ4v) is 10.4. The van der Waals surface area contributed by atoms with Crippen molar-refractivity contribution in [2.75, 3.05) is 0 Å². The summed E-state index contributed by atoms with van der Waals surface area (Å²) in [7, 11) is 0. The Kier molecular flexibility index (Phi) is 6.34. The molecule has 0 radical (unpaired) electrons. The van der Waals surface area contributed by atoms with Crippen molar-refractivity contribution in [2.24, 2.45) is 0 Å². The summed E-state index contributed by atoms with van der Waals surface area (Å²) in [6, 6.07) is 65.8. The van der Waals surface area contributed by atoms with Gasteiger partial charge in [-0.05, 0) is 119 Å². The molecule has 2 heteroatoms. The molecule has 1 aromatic heterocycles. The maximum absolute atomic E-state index is 5.13. The molecular formula is C53H36N2. The van der Waals surface area contributed by atoms with E-state index in [2.05, 4.69) is 187 Å². The molecule has 12 rings (SSSR count). The molecule has 55 heavy (non-hydrogen) atoms. The second kappa shape index (κ2) is 11.4. The summed E-state index contributed by atoms with van der Waals surface area (Å²) in [4.78, 5) is 5.13. The van der Waals surface area contributed by atoms with Crippen molar-refractivity contribution in [1.82, 2.24) is 9.55 Å². The van der Waals surface area contributed by atoms with Crippen molar-refractivity contribution >= 4 is 43.4 Å². The summed E-state index contributed by atoms with van der Waals surface area (Å²) in [5.41, 5.74) is 16.2. The minimum atomic E-state index is -0.471. The minimum Gasteiger partial charge on any atom is -0.324 e. The number of benzene rings is 9. The van der Waals surface area contributed by atoms with Crippen molar-refractivity contribution in [2.45, 2.75) is 25.3 Å². The Balaban J connectivity index is 1.14. The smallest absolute Gasteiger partial charge is 0.141 e. The highest BCUT2D eigenvalue weighted by atomic mass is 15.1. The fraction of sp³-hybridized carbons (Fsp3) is 0.0755. The second-order valence-corrected chi connectivity index (χ2v) is 15.3. The lowest BCUT2D eigenvalue weighted by molar-refractivity contribution is 0.704. The molecule has 10 aromatic rings. The summed E-state index contributed by atoms with van der Waals surface area (Å²) in [5, 5.41) is 7.82. The first-order chi connectivity index (χ1) is 27.3. The van der Waals surface area contributed by atoms with Crippen LogP contribution in [0.15, 0.2) is 176 Å². The van der Waals surface area contributed by atoms with Gasteiger partial charge in [0.1, 0.15) is 5.82 Å². The van der Waals surface area contributed by atoms with Crippen molar-refractivity contribution in [3.63, 3.8) is 0 Å². The molecular weight excluding hydrogens is 665 g/mol. The molecule has 0 saturated carbocycles. The van der Waals surface area contributed by atoms with Gasteiger partial charge in [-0.2, -0.15) is 0 Å². The monoisotopic (exact) mass is 700 g/mol. The Bertz CT molecular complexity index is 3190. The Morgan fingerprint density at radius 3 is 1.89 bits per heavy atom. The van der Waals surface area contributed by atoms with Gasteiger partial charge in [0.2, 0.25) is 0 Å². The van der Waals surface area contributed by atoms with Crippen LogP contribution < -0.4 is 0 Å². The van der Waals surface area contributed by atoms with Gasteiger partial charge in [-0.1, -0.05) is 159 Å². The Labute approximate surface area is 320 Å². The molecule has 2 aliphatic rings. The molecule has 0 N–H and O–H groups in total. The Morgan fingerprint density at radius 2 is 1.11 bits per heavy atom. The van der Waals surface area contributed by atoms with Crippen LogP contribution in [0.2, 0.25) is 0 Å². The van der Waals surface area contributed by atoms with Crippen LogP contribution in [0, 0.1) is 0 Å². The summed E-state index contributed by atoms with van der Waals surface area (Å²) in [6.45, 7) is 3.17. The number of imidazole rings is 1. The fourth-order valence-electron chi connectivity index (χ4n) is 10.4. The third kappa shape index (κ3) is 4.01. The van der Waals surface area contributed by atoms with E-state index in [1.807, 2.05) is 0 Å². The van der Waals surface area contributed by atoms with E-state index in [1.54, 1.807) is 0 Å². The van der Waals surface area contributed by atoms with Gasteiger partial charge in [-0.25, -0.2) is 4.98 Å². The molecule has 258 valence electrons. The topological polar surface area (TPSA) is 17.8 Å². The van der Waals surface area contributed by atoms with Gasteiger partial charge in [0.05, 0.1) is 16.4 Å². The largest absolute Gasteiger partial charge is 0.324 e. The zero-order chi connectivity index (χ0) is 36.3. The molecule has 0 bridgehead atoms. The molecule has 0 amide bonds. The molecule has 0 saturated heterocycles. The molecule has 1 spiro atoms. The SMILES string of the molecule is CCCn1c(-c2cccc(-c3ccc4c5c(ccc4c3)-c3c(c4ccccc4c4ccccc34)C53c4ccccc4-c4ccccc43)c2)nc2ccccc21. The van der Waals surface area contributed by atoms with Gasteiger partial charge in [-0.15, -0.1) is 0 Å². The predicted molar refractivity (Wildman–Crippen MR) is 230 cm³/mol. The molecule has 1 heterocycles. The van der Waals surface area contributed by atoms with E-state index in [-0.39, 0.29) is 0 Å². The average Bonchev–Trinajstić information content (AvgIpc) is 3.88. The molecule has 0 atom stereocenters. The van der Waals surface area contributed by atoms with Gasteiger partial charge in [-0.3, -0.25) is 0 Å². The Morgan fingerprint density at radius 1 is 0.473 bits per heavy atom. The maximum Gasteiger partial charge on any atom is 0.141 e. The van der Waals surface area contributed by atoms with Crippen LogP contribution in [-0.4, -0.2) is 9.55 Å². The molecule has 2 aliphatic carbocycles. The van der Waals surface area contributed by atoms with Crippen LogP contribution >= 0.6 is 0 Å². The van der Waals surface area contributed by atoms with Crippen LogP contribution in [0.5, 0.6) is 0 Å². The highest BCUT2D eigenvalue weighted by molar-refractivity contribution is 6.21. The van der Waals surface area contributed by atoms with Crippen LogP contribution in [0.25, 0.3) is 88.1 Å². The van der Waals surface area contributed by atoms with E-state index in [0.717, 1.165) is 29.9 Å². The summed E-state index contributed by atoms with van der Waals surface area (Å²) < 4.78 is 2.37. The average molecular weight is 701 g/mol. The summed E-state index contributed by atoms with van der Waals surface area (Å²) >= 11 is 0. The van der Waals surface area contributed by atoms with E-state index >= 15 is 0 Å². The number of nitrogens with zero attached hydrogens (tertiary/aromatic N) is 2. The standard InChI is InChI=1S/C53H36N2/c1-2-30-55-48-25-12-11-24-47(48)54-52(55)36-15-13-14-33(32-36)34-26-28-37-35(31-34)27-29-44-49-42-20-5-3-16-38(42)39-17-4-6-21-43(39)51(49)53(50(37)44)45-22-9-7-18-40(45)41-19-8-10-23-46(41)53/h3-29,31-32H,2,30H2,1H3. The second-order valence-electron chi connectivity index (χ2n) is 15.3. The van der Waals surface area contributed by atoms with Crippen molar-refractivity contribution in [3.8, 4) is 44.8 Å².